The molecule has 20 heavy (non-hydrogen) atoms. The van der Waals surface area contributed by atoms with Crippen LogP contribution in [0.15, 0.2) is 24.3 Å². The van der Waals surface area contributed by atoms with Gasteiger partial charge in [-0.2, -0.15) is 0 Å². The first-order chi connectivity index (χ1) is 9.15. The van der Waals surface area contributed by atoms with Crippen LogP contribution in [0.25, 0.3) is 0 Å². The van der Waals surface area contributed by atoms with Gasteiger partial charge in [0.05, 0.1) is 12.1 Å². The first-order valence-electron chi connectivity index (χ1n) is 6.51. The molecule has 0 heterocycles. The van der Waals surface area contributed by atoms with Gasteiger partial charge in [-0.3, -0.25) is 0 Å². The predicted octanol–water partition coefficient (Wildman–Crippen LogP) is 2.64. The van der Waals surface area contributed by atoms with E-state index in [1.54, 1.807) is 45.9 Å². The Labute approximate surface area is 119 Å². The fourth-order valence-electron chi connectivity index (χ4n) is 1.75. The number of ether oxygens (including phenoxy) is 1. The topological polar surface area (TPSA) is 58.6 Å². The molecular weight excluding hydrogens is 261 g/mol. The molecule has 0 fully saturated rings. The Kier molecular flexibility index (Phi) is 5.11. The van der Waals surface area contributed by atoms with Gasteiger partial charge in [0.15, 0.2) is 0 Å². The number of hydrogen-bond acceptors (Lipinski definition) is 3. The predicted molar refractivity (Wildman–Crippen MR) is 75.0 cm³/mol. The van der Waals surface area contributed by atoms with Crippen LogP contribution in [0.3, 0.4) is 0 Å². The summed E-state index contributed by atoms with van der Waals surface area (Å²) in [4.78, 5) is 11.8. The average Bonchev–Trinajstić information content (AvgIpc) is 2.29. The van der Waals surface area contributed by atoms with E-state index >= 15 is 0 Å². The lowest BCUT2D eigenvalue weighted by Crippen LogP contribution is -2.52. The second-order valence-corrected chi connectivity index (χ2v) is 6.11. The molecule has 1 atom stereocenters. The maximum Gasteiger partial charge on any atom is 0.408 e. The van der Waals surface area contributed by atoms with Crippen LogP contribution in [-0.4, -0.2) is 28.9 Å². The highest BCUT2D eigenvalue weighted by Gasteiger charge is 2.29. The number of nitrogens with one attached hydrogen (secondary N) is 1. The Bertz CT molecular complexity index is 470. The van der Waals surface area contributed by atoms with Crippen molar-refractivity contribution in [2.45, 2.75) is 45.3 Å². The number of halogens is 1. The van der Waals surface area contributed by atoms with Crippen molar-refractivity contribution < 1.29 is 19.0 Å². The third-order valence-corrected chi connectivity index (χ3v) is 2.69. The van der Waals surface area contributed by atoms with Crippen LogP contribution in [0.1, 0.15) is 33.3 Å². The maximum absolute atomic E-state index is 13.6. The van der Waals surface area contributed by atoms with E-state index in [-0.39, 0.29) is 18.8 Å². The summed E-state index contributed by atoms with van der Waals surface area (Å²) in [6.07, 6.45) is -0.458. The molecule has 1 rings (SSSR count). The molecule has 2 N–H and O–H groups in total. The van der Waals surface area contributed by atoms with E-state index in [0.29, 0.717) is 5.56 Å². The third kappa shape index (κ3) is 5.17. The summed E-state index contributed by atoms with van der Waals surface area (Å²) < 4.78 is 18.8. The molecule has 0 radical (unpaired) electrons. The average molecular weight is 283 g/mol. The van der Waals surface area contributed by atoms with E-state index in [9.17, 15) is 14.3 Å². The fourth-order valence-corrected chi connectivity index (χ4v) is 1.75. The summed E-state index contributed by atoms with van der Waals surface area (Å²) in [5, 5.41) is 12.1. The van der Waals surface area contributed by atoms with Crippen molar-refractivity contribution in [2.75, 3.05) is 6.61 Å². The molecule has 0 aliphatic heterocycles. The summed E-state index contributed by atoms with van der Waals surface area (Å²) in [6.45, 7) is 6.57. The van der Waals surface area contributed by atoms with Crippen molar-refractivity contribution in [1.29, 1.82) is 0 Å². The van der Waals surface area contributed by atoms with Crippen LogP contribution in [-0.2, 0) is 11.2 Å². The van der Waals surface area contributed by atoms with Crippen LogP contribution in [0.4, 0.5) is 9.18 Å². The lowest BCUT2D eigenvalue weighted by Gasteiger charge is -2.30. The second kappa shape index (κ2) is 6.22. The number of rotatable bonds is 4. The van der Waals surface area contributed by atoms with Gasteiger partial charge in [-0.1, -0.05) is 18.2 Å². The summed E-state index contributed by atoms with van der Waals surface area (Å²) in [7, 11) is 0. The van der Waals surface area contributed by atoms with Gasteiger partial charge < -0.3 is 15.2 Å². The van der Waals surface area contributed by atoms with Crippen molar-refractivity contribution in [2.24, 2.45) is 0 Å². The minimum Gasteiger partial charge on any atom is -0.444 e. The molecule has 1 unspecified atom stereocenters. The molecule has 5 heteroatoms. The molecule has 0 aliphatic rings. The lowest BCUT2D eigenvalue weighted by molar-refractivity contribution is 0.0414. The summed E-state index contributed by atoms with van der Waals surface area (Å²) in [5.41, 5.74) is -1.18. The molecule has 0 aromatic heterocycles. The fraction of sp³-hybridized carbons (Fsp3) is 0.533. The molecule has 0 bridgehead atoms. The molecule has 112 valence electrons. The molecule has 0 spiro atoms. The van der Waals surface area contributed by atoms with Crippen LogP contribution < -0.4 is 5.32 Å². The number of aliphatic hydroxyl groups excluding tert-OH is 1. The molecule has 4 nitrogen and oxygen atoms in total. The molecule has 0 saturated carbocycles. The van der Waals surface area contributed by atoms with E-state index in [0.717, 1.165) is 0 Å². The number of benzene rings is 1. The van der Waals surface area contributed by atoms with Crippen LogP contribution in [0.5, 0.6) is 0 Å². The Hall–Kier alpha value is -1.62. The summed E-state index contributed by atoms with van der Waals surface area (Å²) in [5.74, 6) is -0.363. The lowest BCUT2D eigenvalue weighted by atomic mass is 9.93. The maximum atomic E-state index is 13.6. The van der Waals surface area contributed by atoms with Crippen LogP contribution in [0.2, 0.25) is 0 Å². The highest BCUT2D eigenvalue weighted by Crippen LogP contribution is 2.17. The standard InChI is InChI=1S/C15H22FNO3/c1-14(2,3)20-13(19)17-15(4,10-18)9-11-7-5-6-8-12(11)16/h5-8,18H,9-10H2,1-4H3,(H,17,19). The van der Waals surface area contributed by atoms with Gasteiger partial charge in [0, 0.05) is 6.42 Å². The van der Waals surface area contributed by atoms with Gasteiger partial charge in [-0.05, 0) is 39.3 Å². The first-order valence-corrected chi connectivity index (χ1v) is 6.51. The zero-order chi connectivity index (χ0) is 15.4. The number of carbonyl (C=O) groups excluding carboxylic acids is 1. The zero-order valence-corrected chi connectivity index (χ0v) is 12.4. The molecule has 1 amide bonds. The third-order valence-electron chi connectivity index (χ3n) is 2.69. The summed E-state index contributed by atoms with van der Waals surface area (Å²) in [6, 6.07) is 6.28. The molecule has 1 aromatic carbocycles. The van der Waals surface area contributed by atoms with Gasteiger partial charge in [0.1, 0.15) is 11.4 Å². The van der Waals surface area contributed by atoms with Gasteiger partial charge in [-0.25, -0.2) is 9.18 Å². The second-order valence-electron chi connectivity index (χ2n) is 6.11. The summed E-state index contributed by atoms with van der Waals surface area (Å²) >= 11 is 0. The van der Waals surface area contributed by atoms with Crippen LogP contribution in [0, 0.1) is 5.82 Å². The van der Waals surface area contributed by atoms with E-state index in [2.05, 4.69) is 5.32 Å². The Morgan fingerprint density at radius 2 is 1.90 bits per heavy atom. The van der Waals surface area contributed by atoms with Gasteiger partial charge in [0.2, 0.25) is 0 Å². The van der Waals surface area contributed by atoms with E-state index < -0.39 is 17.2 Å². The monoisotopic (exact) mass is 283 g/mol. The van der Waals surface area contributed by atoms with Gasteiger partial charge >= 0.3 is 6.09 Å². The normalized spacial score (nSPS) is 14.5. The molecule has 1 aromatic rings. The number of amides is 1. The van der Waals surface area contributed by atoms with Crippen molar-refractivity contribution in [3.8, 4) is 0 Å². The van der Waals surface area contributed by atoms with Gasteiger partial charge in [-0.15, -0.1) is 0 Å². The largest absolute Gasteiger partial charge is 0.444 e. The quantitative estimate of drug-likeness (QED) is 0.893. The van der Waals surface area contributed by atoms with E-state index in [1.807, 2.05) is 0 Å². The SMILES string of the molecule is CC(CO)(Cc1ccccc1F)NC(=O)OC(C)(C)C. The Morgan fingerprint density at radius 1 is 1.30 bits per heavy atom. The Morgan fingerprint density at radius 3 is 2.40 bits per heavy atom. The van der Waals surface area contributed by atoms with Crippen molar-refractivity contribution in [1.82, 2.24) is 5.32 Å². The van der Waals surface area contributed by atoms with Gasteiger partial charge in [0.25, 0.3) is 0 Å². The minimum absolute atomic E-state index is 0.176. The minimum atomic E-state index is -0.982. The first kappa shape index (κ1) is 16.4. The number of carbonyl (C=O) groups is 1. The van der Waals surface area contributed by atoms with E-state index in [1.165, 1.54) is 6.07 Å². The van der Waals surface area contributed by atoms with Crippen molar-refractivity contribution in [3.63, 3.8) is 0 Å². The highest BCUT2D eigenvalue weighted by atomic mass is 19.1. The zero-order valence-electron chi connectivity index (χ0n) is 12.4. The smallest absolute Gasteiger partial charge is 0.408 e. The number of aliphatic hydroxyl groups is 1. The number of hydrogen-bond donors (Lipinski definition) is 2. The molecular formula is C15H22FNO3. The van der Waals surface area contributed by atoms with Crippen molar-refractivity contribution >= 4 is 6.09 Å². The molecule has 0 saturated heterocycles. The molecule has 0 aliphatic carbocycles. The number of alkyl carbamates (subject to hydrolysis) is 1. The van der Waals surface area contributed by atoms with Crippen LogP contribution >= 0.6 is 0 Å². The van der Waals surface area contributed by atoms with E-state index in [4.69, 9.17) is 4.74 Å². The van der Waals surface area contributed by atoms with Crippen molar-refractivity contribution in [3.05, 3.63) is 35.6 Å². The Balaban J connectivity index is 2.77. The highest BCUT2D eigenvalue weighted by molar-refractivity contribution is 5.68.